The third-order valence-corrected chi connectivity index (χ3v) is 4.77. The van der Waals surface area contributed by atoms with Crippen molar-refractivity contribution in [3.63, 3.8) is 0 Å². The lowest BCUT2D eigenvalue weighted by molar-refractivity contribution is 0.215. The predicted molar refractivity (Wildman–Crippen MR) is 72.8 cm³/mol. The van der Waals surface area contributed by atoms with E-state index in [2.05, 4.69) is 22.1 Å². The fourth-order valence-corrected chi connectivity index (χ4v) is 3.52. The van der Waals surface area contributed by atoms with E-state index in [1.807, 2.05) is 11.0 Å². The van der Waals surface area contributed by atoms with Crippen LogP contribution in [0.5, 0.6) is 0 Å². The molecule has 3 heterocycles. The van der Waals surface area contributed by atoms with Crippen molar-refractivity contribution in [1.82, 2.24) is 15.5 Å². The molecule has 2 unspecified atom stereocenters. The molecule has 2 saturated heterocycles. The van der Waals surface area contributed by atoms with Crippen LogP contribution in [0.4, 0.5) is 4.79 Å². The zero-order valence-corrected chi connectivity index (χ0v) is 11.2. The summed E-state index contributed by atoms with van der Waals surface area (Å²) in [6, 6.07) is 5.02. The molecule has 0 bridgehead atoms. The second kappa shape index (κ2) is 5.28. The summed E-state index contributed by atoms with van der Waals surface area (Å²) < 4.78 is 0. The molecule has 2 N–H and O–H groups in total. The summed E-state index contributed by atoms with van der Waals surface area (Å²) in [5, 5.41) is 8.60. The topological polar surface area (TPSA) is 44.4 Å². The van der Waals surface area contributed by atoms with Gasteiger partial charge in [-0.2, -0.15) is 0 Å². The molecule has 2 aliphatic heterocycles. The Bertz CT molecular complexity index is 400. The summed E-state index contributed by atoms with van der Waals surface area (Å²) in [4.78, 5) is 15.1. The van der Waals surface area contributed by atoms with Crippen LogP contribution in [0, 0.1) is 0 Å². The van der Waals surface area contributed by atoms with Gasteiger partial charge in [0.1, 0.15) is 0 Å². The van der Waals surface area contributed by atoms with Crippen LogP contribution < -0.4 is 10.6 Å². The summed E-state index contributed by atoms with van der Waals surface area (Å²) in [6.45, 7) is 2.81. The highest BCUT2D eigenvalue weighted by molar-refractivity contribution is 7.10. The Morgan fingerprint density at radius 2 is 2.44 bits per heavy atom. The highest BCUT2D eigenvalue weighted by Gasteiger charge is 2.30. The van der Waals surface area contributed by atoms with Gasteiger partial charge in [-0.05, 0) is 37.3 Å². The number of hydrogen-bond donors (Lipinski definition) is 2. The second-order valence-electron chi connectivity index (χ2n) is 5.05. The van der Waals surface area contributed by atoms with Crippen molar-refractivity contribution in [2.75, 3.05) is 19.6 Å². The third kappa shape index (κ3) is 2.52. The van der Waals surface area contributed by atoms with E-state index in [0.717, 1.165) is 26.1 Å². The summed E-state index contributed by atoms with van der Waals surface area (Å²) in [5.41, 5.74) is 0. The van der Waals surface area contributed by atoms with Gasteiger partial charge in [0.2, 0.25) is 0 Å². The van der Waals surface area contributed by atoms with Crippen LogP contribution in [0.3, 0.4) is 0 Å². The SMILES string of the molecule is O=C1NC(c2cccs2)CN1CCC1CCCN1. The number of amides is 2. The van der Waals surface area contributed by atoms with Crippen LogP contribution >= 0.6 is 11.3 Å². The number of carbonyl (C=O) groups is 1. The van der Waals surface area contributed by atoms with Crippen molar-refractivity contribution in [2.45, 2.75) is 31.3 Å². The molecule has 3 rings (SSSR count). The van der Waals surface area contributed by atoms with Gasteiger partial charge in [0.05, 0.1) is 6.04 Å². The number of carbonyl (C=O) groups excluding carboxylic acids is 1. The Hall–Kier alpha value is -1.07. The molecule has 5 heteroatoms. The molecule has 4 nitrogen and oxygen atoms in total. The minimum atomic E-state index is 0.0893. The maximum absolute atomic E-state index is 11.9. The lowest BCUT2D eigenvalue weighted by Gasteiger charge is -2.17. The Balaban J connectivity index is 1.52. The first-order valence-corrected chi connectivity index (χ1v) is 7.53. The number of urea groups is 1. The molecule has 98 valence electrons. The van der Waals surface area contributed by atoms with Gasteiger partial charge in [-0.1, -0.05) is 6.07 Å². The normalized spacial score (nSPS) is 27.8. The number of hydrogen-bond acceptors (Lipinski definition) is 3. The van der Waals surface area contributed by atoms with Gasteiger partial charge < -0.3 is 15.5 Å². The van der Waals surface area contributed by atoms with E-state index >= 15 is 0 Å². The second-order valence-corrected chi connectivity index (χ2v) is 6.02. The summed E-state index contributed by atoms with van der Waals surface area (Å²) in [7, 11) is 0. The van der Waals surface area contributed by atoms with Gasteiger partial charge in [0.15, 0.2) is 0 Å². The fourth-order valence-electron chi connectivity index (χ4n) is 2.75. The Morgan fingerprint density at radius 1 is 1.50 bits per heavy atom. The van der Waals surface area contributed by atoms with Gasteiger partial charge in [-0.15, -0.1) is 11.3 Å². The van der Waals surface area contributed by atoms with Gasteiger partial charge in [0, 0.05) is 24.0 Å². The van der Waals surface area contributed by atoms with Crippen LogP contribution in [0.15, 0.2) is 17.5 Å². The van der Waals surface area contributed by atoms with E-state index in [-0.39, 0.29) is 12.1 Å². The van der Waals surface area contributed by atoms with E-state index in [0.29, 0.717) is 6.04 Å². The highest BCUT2D eigenvalue weighted by Crippen LogP contribution is 2.24. The standard InChI is InChI=1S/C13H19N3OS/c17-13-15-11(12-4-2-8-18-12)9-16(13)7-5-10-3-1-6-14-10/h2,4,8,10-11,14H,1,3,5-7,9H2,(H,15,17). The molecule has 2 aliphatic rings. The van der Waals surface area contributed by atoms with Crippen molar-refractivity contribution in [2.24, 2.45) is 0 Å². The largest absolute Gasteiger partial charge is 0.329 e. The molecule has 1 aromatic heterocycles. The van der Waals surface area contributed by atoms with Gasteiger partial charge in [-0.25, -0.2) is 4.79 Å². The van der Waals surface area contributed by atoms with E-state index in [4.69, 9.17) is 0 Å². The first kappa shape index (κ1) is 12.0. The van der Waals surface area contributed by atoms with Crippen LogP contribution in [-0.4, -0.2) is 36.6 Å². The zero-order valence-electron chi connectivity index (χ0n) is 10.4. The molecule has 0 aliphatic carbocycles. The van der Waals surface area contributed by atoms with Gasteiger partial charge in [-0.3, -0.25) is 0 Å². The van der Waals surface area contributed by atoms with Crippen LogP contribution in [-0.2, 0) is 0 Å². The molecule has 0 saturated carbocycles. The third-order valence-electron chi connectivity index (χ3n) is 3.78. The van der Waals surface area contributed by atoms with Crippen molar-refractivity contribution < 1.29 is 4.79 Å². The van der Waals surface area contributed by atoms with Crippen molar-refractivity contribution >= 4 is 17.4 Å². The van der Waals surface area contributed by atoms with Crippen LogP contribution in [0.2, 0.25) is 0 Å². The van der Waals surface area contributed by atoms with E-state index in [1.165, 1.54) is 17.7 Å². The number of nitrogens with zero attached hydrogens (tertiary/aromatic N) is 1. The van der Waals surface area contributed by atoms with Crippen molar-refractivity contribution in [3.8, 4) is 0 Å². The average molecular weight is 265 g/mol. The summed E-state index contributed by atoms with van der Waals surface area (Å²) >= 11 is 1.71. The zero-order chi connectivity index (χ0) is 12.4. The lowest BCUT2D eigenvalue weighted by atomic mass is 10.1. The molecule has 0 aromatic carbocycles. The molecule has 2 amide bonds. The highest BCUT2D eigenvalue weighted by atomic mass is 32.1. The Morgan fingerprint density at radius 3 is 3.17 bits per heavy atom. The molecular weight excluding hydrogens is 246 g/mol. The van der Waals surface area contributed by atoms with Gasteiger partial charge >= 0.3 is 6.03 Å². The molecule has 2 fully saturated rings. The Kier molecular flexibility index (Phi) is 3.52. The van der Waals surface area contributed by atoms with Crippen LogP contribution in [0.1, 0.15) is 30.2 Å². The summed E-state index contributed by atoms with van der Waals surface area (Å²) in [5.74, 6) is 0. The van der Waals surface area contributed by atoms with Gasteiger partial charge in [0.25, 0.3) is 0 Å². The quantitative estimate of drug-likeness (QED) is 0.874. The Labute approximate surface area is 111 Å². The monoisotopic (exact) mass is 265 g/mol. The molecule has 18 heavy (non-hydrogen) atoms. The van der Waals surface area contributed by atoms with Crippen LogP contribution in [0.25, 0.3) is 0 Å². The molecule has 1 aromatic rings. The predicted octanol–water partition coefficient (Wildman–Crippen LogP) is 1.96. The molecular formula is C13H19N3OS. The minimum Gasteiger partial charge on any atom is -0.329 e. The first-order valence-electron chi connectivity index (χ1n) is 6.65. The van der Waals surface area contributed by atoms with Crippen molar-refractivity contribution in [1.29, 1.82) is 0 Å². The van der Waals surface area contributed by atoms with Crippen molar-refractivity contribution in [3.05, 3.63) is 22.4 Å². The fraction of sp³-hybridized carbons (Fsp3) is 0.615. The molecule has 2 atom stereocenters. The van der Waals surface area contributed by atoms with E-state index < -0.39 is 0 Å². The maximum atomic E-state index is 11.9. The smallest absolute Gasteiger partial charge is 0.318 e. The molecule has 0 radical (unpaired) electrons. The number of nitrogens with one attached hydrogen (secondary N) is 2. The molecule has 0 spiro atoms. The van der Waals surface area contributed by atoms with E-state index in [1.54, 1.807) is 11.3 Å². The number of rotatable bonds is 4. The van der Waals surface area contributed by atoms with E-state index in [9.17, 15) is 4.79 Å². The summed E-state index contributed by atoms with van der Waals surface area (Å²) in [6.07, 6.45) is 3.60. The lowest BCUT2D eigenvalue weighted by Crippen LogP contribution is -2.33. The average Bonchev–Trinajstić information content (AvgIpc) is 3.09. The number of thiophene rings is 1. The minimum absolute atomic E-state index is 0.0893. The first-order chi connectivity index (χ1) is 8.83. The maximum Gasteiger partial charge on any atom is 0.318 e.